The lowest BCUT2D eigenvalue weighted by Crippen LogP contribution is -2.15. The third kappa shape index (κ3) is 5.20. The van der Waals surface area contributed by atoms with Gasteiger partial charge in [-0.25, -0.2) is 0 Å². The van der Waals surface area contributed by atoms with Gasteiger partial charge in [0.05, 0.1) is 12.3 Å². The van der Waals surface area contributed by atoms with Crippen LogP contribution < -0.4 is 11.1 Å². The molecule has 0 saturated heterocycles. The van der Waals surface area contributed by atoms with Crippen molar-refractivity contribution in [1.29, 1.82) is 0 Å². The average molecular weight is 437 g/mol. The largest absolute Gasteiger partial charge is 0.464 e. The molecule has 0 unspecified atom stereocenters. The van der Waals surface area contributed by atoms with Gasteiger partial charge in [-0.3, -0.25) is 4.79 Å². The van der Waals surface area contributed by atoms with E-state index in [9.17, 15) is 13.2 Å². The molecule has 156 valence electrons. The Kier molecular flexibility index (Phi) is 6.35. The van der Waals surface area contributed by atoms with Gasteiger partial charge in [-0.05, 0) is 56.1 Å². The van der Waals surface area contributed by atoms with Crippen molar-refractivity contribution in [1.82, 2.24) is 4.90 Å². The number of anilines is 1. The summed E-state index contributed by atoms with van der Waals surface area (Å²) in [5.74, 6) is 2.97. The first-order valence-corrected chi connectivity index (χ1v) is 11.6. The normalized spacial score (nSPS) is 14.7. The van der Waals surface area contributed by atoms with Crippen LogP contribution in [0.1, 0.15) is 29.6 Å². The van der Waals surface area contributed by atoms with Crippen molar-refractivity contribution in [2.45, 2.75) is 30.5 Å². The Labute approximate surface area is 174 Å². The average Bonchev–Trinajstić information content (AvgIpc) is 3.12. The highest BCUT2D eigenvalue weighted by atomic mass is 32.2. The van der Waals surface area contributed by atoms with Gasteiger partial charge in [-0.2, -0.15) is 20.2 Å². The zero-order valence-corrected chi connectivity index (χ0v) is 18.2. The highest BCUT2D eigenvalue weighted by Gasteiger charge is 2.30. The number of nitrogens with two attached hydrogens (primary N) is 1. The van der Waals surface area contributed by atoms with Crippen molar-refractivity contribution in [3.05, 3.63) is 46.9 Å². The number of carbonyl (C=O) groups excluding carboxylic acids is 1. The molecule has 1 aliphatic rings. The van der Waals surface area contributed by atoms with E-state index in [1.54, 1.807) is 17.8 Å². The second-order valence-corrected chi connectivity index (χ2v) is 9.73. The highest BCUT2D eigenvalue weighted by Crippen LogP contribution is 2.32. The fraction of sp³-hybridized carbons (Fsp3) is 0.368. The molecular weight excluding hydrogens is 412 g/mol. The van der Waals surface area contributed by atoms with E-state index < -0.39 is 10.0 Å². The molecule has 0 atom stereocenters. The van der Waals surface area contributed by atoms with Crippen molar-refractivity contribution in [3.8, 4) is 0 Å². The van der Waals surface area contributed by atoms with Gasteiger partial charge in [-0.15, -0.1) is 4.40 Å². The van der Waals surface area contributed by atoms with E-state index in [2.05, 4.69) is 9.71 Å². The van der Waals surface area contributed by atoms with Crippen LogP contribution in [-0.4, -0.2) is 44.9 Å². The minimum atomic E-state index is -3.83. The topological polar surface area (TPSA) is 118 Å². The van der Waals surface area contributed by atoms with Crippen molar-refractivity contribution in [2.24, 2.45) is 10.1 Å². The predicted octanol–water partition coefficient (Wildman–Crippen LogP) is 2.18. The number of thioether (sulfide) groups is 1. The Balaban J connectivity index is 1.70. The van der Waals surface area contributed by atoms with Crippen LogP contribution in [0.3, 0.4) is 0 Å². The fourth-order valence-electron chi connectivity index (χ4n) is 3.12. The first kappa shape index (κ1) is 21.4. The van der Waals surface area contributed by atoms with Crippen LogP contribution >= 0.6 is 11.8 Å². The molecule has 3 N–H and O–H groups in total. The summed E-state index contributed by atoms with van der Waals surface area (Å²) in [4.78, 5) is 13.5. The first-order chi connectivity index (χ1) is 13.7. The molecular formula is C19H24N4O4S2. The molecule has 1 aliphatic heterocycles. The zero-order valence-electron chi connectivity index (χ0n) is 16.6. The maximum absolute atomic E-state index is 12.2. The first-order valence-electron chi connectivity index (χ1n) is 9.01. The van der Waals surface area contributed by atoms with E-state index in [1.807, 2.05) is 31.1 Å². The van der Waals surface area contributed by atoms with Gasteiger partial charge in [0.15, 0.2) is 0 Å². The Morgan fingerprint density at radius 3 is 2.69 bits per heavy atom. The molecule has 29 heavy (non-hydrogen) atoms. The number of hydrogen-bond donors (Lipinski definition) is 2. The Hall–Kier alpha value is -2.30. The number of aryl methyl sites for hydroxylation is 1. The third-order valence-corrected chi connectivity index (χ3v) is 6.50. The van der Waals surface area contributed by atoms with Crippen LogP contribution in [0.5, 0.6) is 0 Å². The Morgan fingerprint density at radius 1 is 1.28 bits per heavy atom. The van der Waals surface area contributed by atoms with Crippen LogP contribution in [0, 0.1) is 0 Å². The van der Waals surface area contributed by atoms with Crippen molar-refractivity contribution in [3.63, 3.8) is 0 Å². The predicted molar refractivity (Wildman–Crippen MR) is 115 cm³/mol. The molecule has 3 rings (SSSR count). The molecule has 0 spiro atoms. The quantitative estimate of drug-likeness (QED) is 0.609. The van der Waals surface area contributed by atoms with E-state index in [1.165, 1.54) is 13.0 Å². The fourth-order valence-corrected chi connectivity index (χ4v) is 5.20. The van der Waals surface area contributed by atoms with Gasteiger partial charge in [-0.1, -0.05) is 0 Å². The maximum Gasteiger partial charge on any atom is 0.285 e. The van der Waals surface area contributed by atoms with E-state index in [0.717, 1.165) is 29.4 Å². The zero-order chi connectivity index (χ0) is 21.2. The van der Waals surface area contributed by atoms with Gasteiger partial charge in [0.1, 0.15) is 22.3 Å². The summed E-state index contributed by atoms with van der Waals surface area (Å²) in [6.07, 6.45) is 0.581. The summed E-state index contributed by atoms with van der Waals surface area (Å²) >= 11 is 1.67. The second-order valence-electron chi connectivity index (χ2n) is 7.05. The van der Waals surface area contributed by atoms with E-state index >= 15 is 0 Å². The minimum Gasteiger partial charge on any atom is -0.464 e. The number of fused-ring (bicyclic) bond motifs is 1. The number of rotatable bonds is 8. The molecule has 2 heterocycles. The van der Waals surface area contributed by atoms with Crippen LogP contribution in [0.2, 0.25) is 0 Å². The summed E-state index contributed by atoms with van der Waals surface area (Å²) in [6.45, 7) is 2.12. The molecule has 2 aromatic rings. The van der Waals surface area contributed by atoms with E-state index in [0.29, 0.717) is 23.4 Å². The van der Waals surface area contributed by atoms with Gasteiger partial charge in [0, 0.05) is 18.2 Å². The smallest absolute Gasteiger partial charge is 0.285 e. The number of amidine groups is 1. The van der Waals surface area contributed by atoms with Crippen LogP contribution in [0.4, 0.5) is 5.69 Å². The Morgan fingerprint density at radius 2 is 2.00 bits per heavy atom. The van der Waals surface area contributed by atoms with Gasteiger partial charge in [0.25, 0.3) is 10.0 Å². The van der Waals surface area contributed by atoms with E-state index in [-0.39, 0.29) is 16.6 Å². The van der Waals surface area contributed by atoms with Crippen molar-refractivity contribution >= 4 is 39.2 Å². The number of hydrogen-bond acceptors (Lipinski definition) is 7. The number of nitrogens with one attached hydrogen (secondary N) is 1. The maximum atomic E-state index is 12.2. The molecule has 0 saturated carbocycles. The molecule has 0 fully saturated rings. The lowest BCUT2D eigenvalue weighted by Gasteiger charge is -2.11. The molecule has 0 bridgehead atoms. The number of sulfonamides is 1. The minimum absolute atomic E-state index is 0.00580. The summed E-state index contributed by atoms with van der Waals surface area (Å²) in [7, 11) is 0.141. The van der Waals surface area contributed by atoms with Crippen LogP contribution in [0.25, 0.3) is 0 Å². The molecule has 1 amide bonds. The second kappa shape index (κ2) is 8.60. The van der Waals surface area contributed by atoms with Crippen LogP contribution in [-0.2, 0) is 33.5 Å². The van der Waals surface area contributed by atoms with Gasteiger partial charge >= 0.3 is 0 Å². The molecule has 0 radical (unpaired) electrons. The molecule has 1 aromatic carbocycles. The van der Waals surface area contributed by atoms with E-state index in [4.69, 9.17) is 10.2 Å². The molecule has 10 heteroatoms. The Bertz CT molecular complexity index is 1060. The molecule has 8 nitrogen and oxygen atoms in total. The lowest BCUT2D eigenvalue weighted by molar-refractivity contribution is -0.114. The number of carbonyl (C=O) groups is 1. The van der Waals surface area contributed by atoms with Crippen molar-refractivity contribution < 1.29 is 17.6 Å². The third-order valence-electron chi connectivity index (χ3n) is 4.21. The number of amides is 1. The van der Waals surface area contributed by atoms with Crippen molar-refractivity contribution in [2.75, 3.05) is 25.2 Å². The monoisotopic (exact) mass is 436 g/mol. The summed E-state index contributed by atoms with van der Waals surface area (Å²) in [6, 6.07) is 7.10. The standard InChI is InChI=1S/C19H24N4O4S2/c1-12(24)21-14-8-13(18-17(9-14)29(25,26)22-19(18)20)6-7-28-11-16-5-4-15(27-16)10-23(2)3/h4-5,8-9H,6-7,10-11H2,1-3H3,(H2,20,22)(H,21,24). The number of benzene rings is 1. The molecule has 0 aliphatic carbocycles. The summed E-state index contributed by atoms with van der Waals surface area (Å²) < 4.78 is 33.9. The number of furan rings is 1. The van der Waals surface area contributed by atoms with Crippen LogP contribution in [0.15, 0.2) is 38.0 Å². The molecule has 1 aromatic heterocycles. The summed E-state index contributed by atoms with van der Waals surface area (Å²) in [5.41, 5.74) is 7.47. The SMILES string of the molecule is CC(=O)Nc1cc(CCSCc2ccc(CN(C)C)o2)c2c(c1)S(=O)(=O)N=C2N. The highest BCUT2D eigenvalue weighted by molar-refractivity contribution is 7.98. The lowest BCUT2D eigenvalue weighted by atomic mass is 10.0. The number of nitrogens with zero attached hydrogens (tertiary/aromatic N) is 2. The summed E-state index contributed by atoms with van der Waals surface area (Å²) in [5, 5.41) is 2.64. The van der Waals surface area contributed by atoms with Gasteiger partial charge < -0.3 is 20.4 Å². The van der Waals surface area contributed by atoms with Gasteiger partial charge in [0.2, 0.25) is 5.91 Å².